The molecule has 0 aromatic heterocycles. The Morgan fingerprint density at radius 3 is 2.53 bits per heavy atom. The average molecular weight is 301 g/mol. The SMILES string of the molecule is COc1ccc(C)c(C(C)(C)CC(=O)O)c1Br. The van der Waals surface area contributed by atoms with Gasteiger partial charge in [-0.1, -0.05) is 19.9 Å². The molecule has 94 valence electrons. The Hall–Kier alpha value is -1.03. The first-order valence-corrected chi connectivity index (χ1v) is 6.14. The van der Waals surface area contributed by atoms with Crippen molar-refractivity contribution in [3.8, 4) is 5.75 Å². The van der Waals surface area contributed by atoms with Crippen LogP contribution in [0.4, 0.5) is 0 Å². The number of hydrogen-bond acceptors (Lipinski definition) is 2. The second kappa shape index (κ2) is 5.08. The minimum Gasteiger partial charge on any atom is -0.496 e. The van der Waals surface area contributed by atoms with Gasteiger partial charge in [-0.15, -0.1) is 0 Å². The van der Waals surface area contributed by atoms with Gasteiger partial charge < -0.3 is 9.84 Å². The number of carboxylic acids is 1. The van der Waals surface area contributed by atoms with E-state index in [0.717, 1.165) is 21.3 Å². The standard InChI is InChI=1S/C13H17BrO3/c1-8-5-6-9(17-4)12(14)11(8)13(2,3)7-10(15)16/h5-6H,7H2,1-4H3,(H,15,16). The summed E-state index contributed by atoms with van der Waals surface area (Å²) in [5, 5.41) is 8.97. The Morgan fingerprint density at radius 1 is 1.47 bits per heavy atom. The van der Waals surface area contributed by atoms with Crippen LogP contribution in [-0.4, -0.2) is 18.2 Å². The first kappa shape index (κ1) is 14.0. The Kier molecular flexibility index (Phi) is 4.20. The molecule has 0 fully saturated rings. The van der Waals surface area contributed by atoms with Gasteiger partial charge in [-0.05, 0) is 40.0 Å². The van der Waals surface area contributed by atoms with E-state index in [1.165, 1.54) is 0 Å². The molecule has 1 N–H and O–H groups in total. The van der Waals surface area contributed by atoms with E-state index in [-0.39, 0.29) is 6.42 Å². The average Bonchev–Trinajstić information content (AvgIpc) is 2.15. The maximum atomic E-state index is 10.9. The van der Waals surface area contributed by atoms with Gasteiger partial charge >= 0.3 is 5.97 Å². The molecular formula is C13H17BrO3. The lowest BCUT2D eigenvalue weighted by Crippen LogP contribution is -2.23. The molecule has 0 aliphatic carbocycles. The molecule has 1 rings (SSSR count). The number of methoxy groups -OCH3 is 1. The Balaban J connectivity index is 3.33. The summed E-state index contributed by atoms with van der Waals surface area (Å²) in [6.45, 7) is 5.82. The third-order valence-corrected chi connectivity index (χ3v) is 3.59. The molecule has 0 saturated heterocycles. The predicted octanol–water partition coefficient (Wildman–Crippen LogP) is 3.52. The fourth-order valence-electron chi connectivity index (χ4n) is 2.11. The number of benzene rings is 1. The zero-order valence-electron chi connectivity index (χ0n) is 10.5. The van der Waals surface area contributed by atoms with Crippen molar-refractivity contribution < 1.29 is 14.6 Å². The number of halogens is 1. The summed E-state index contributed by atoms with van der Waals surface area (Å²) >= 11 is 3.50. The minimum absolute atomic E-state index is 0.0829. The molecule has 0 aliphatic rings. The molecule has 0 bridgehead atoms. The second-order valence-electron chi connectivity index (χ2n) is 4.73. The third kappa shape index (κ3) is 3.00. The van der Waals surface area contributed by atoms with Crippen LogP contribution in [0.5, 0.6) is 5.75 Å². The van der Waals surface area contributed by atoms with Gasteiger partial charge in [0, 0.05) is 5.41 Å². The van der Waals surface area contributed by atoms with E-state index in [2.05, 4.69) is 15.9 Å². The smallest absolute Gasteiger partial charge is 0.304 e. The minimum atomic E-state index is -0.802. The topological polar surface area (TPSA) is 46.5 Å². The van der Waals surface area contributed by atoms with Crippen LogP contribution >= 0.6 is 15.9 Å². The van der Waals surface area contributed by atoms with E-state index in [0.29, 0.717) is 0 Å². The number of aliphatic carboxylic acids is 1. The highest BCUT2D eigenvalue weighted by Gasteiger charge is 2.29. The van der Waals surface area contributed by atoms with Gasteiger partial charge in [-0.2, -0.15) is 0 Å². The Morgan fingerprint density at radius 2 is 2.06 bits per heavy atom. The van der Waals surface area contributed by atoms with Gasteiger partial charge in [0.15, 0.2) is 0 Å². The molecule has 0 amide bonds. The van der Waals surface area contributed by atoms with Crippen LogP contribution < -0.4 is 4.74 Å². The molecule has 3 nitrogen and oxygen atoms in total. The highest BCUT2D eigenvalue weighted by molar-refractivity contribution is 9.10. The van der Waals surface area contributed by atoms with Crippen molar-refractivity contribution in [1.82, 2.24) is 0 Å². The van der Waals surface area contributed by atoms with Gasteiger partial charge in [0.25, 0.3) is 0 Å². The number of aryl methyl sites for hydroxylation is 1. The first-order valence-electron chi connectivity index (χ1n) is 5.35. The third-order valence-electron chi connectivity index (χ3n) is 2.80. The van der Waals surface area contributed by atoms with Crippen molar-refractivity contribution in [3.05, 3.63) is 27.7 Å². The fourth-order valence-corrected chi connectivity index (χ4v) is 3.25. The Bertz CT molecular complexity index is 439. The normalized spacial score (nSPS) is 11.4. The lowest BCUT2D eigenvalue weighted by molar-refractivity contribution is -0.138. The van der Waals surface area contributed by atoms with Gasteiger partial charge in [-0.3, -0.25) is 4.79 Å². The van der Waals surface area contributed by atoms with E-state index in [1.54, 1.807) is 7.11 Å². The van der Waals surface area contributed by atoms with E-state index >= 15 is 0 Å². The van der Waals surface area contributed by atoms with Crippen LogP contribution in [0.2, 0.25) is 0 Å². The molecule has 1 aromatic rings. The van der Waals surface area contributed by atoms with Crippen LogP contribution in [0.15, 0.2) is 16.6 Å². The number of rotatable bonds is 4. The maximum absolute atomic E-state index is 10.9. The number of hydrogen-bond donors (Lipinski definition) is 1. The monoisotopic (exact) mass is 300 g/mol. The molecule has 0 aliphatic heterocycles. The van der Waals surface area contributed by atoms with Crippen LogP contribution in [0.1, 0.15) is 31.4 Å². The van der Waals surface area contributed by atoms with E-state index < -0.39 is 11.4 Å². The van der Waals surface area contributed by atoms with Crippen molar-refractivity contribution in [2.75, 3.05) is 7.11 Å². The summed E-state index contributed by atoms with van der Waals surface area (Å²) in [7, 11) is 1.60. The highest BCUT2D eigenvalue weighted by Crippen LogP contribution is 2.40. The van der Waals surface area contributed by atoms with Gasteiger partial charge in [0.2, 0.25) is 0 Å². The highest BCUT2D eigenvalue weighted by atomic mass is 79.9. The van der Waals surface area contributed by atoms with Crippen LogP contribution in [-0.2, 0) is 10.2 Å². The molecule has 17 heavy (non-hydrogen) atoms. The maximum Gasteiger partial charge on any atom is 0.304 e. The quantitative estimate of drug-likeness (QED) is 0.925. The lowest BCUT2D eigenvalue weighted by Gasteiger charge is -2.27. The summed E-state index contributed by atoms with van der Waals surface area (Å²) in [5.41, 5.74) is 1.60. The zero-order chi connectivity index (χ0) is 13.2. The molecular weight excluding hydrogens is 284 g/mol. The summed E-state index contributed by atoms with van der Waals surface area (Å²) in [4.78, 5) is 10.9. The zero-order valence-corrected chi connectivity index (χ0v) is 12.1. The van der Waals surface area contributed by atoms with Crippen LogP contribution in [0, 0.1) is 6.92 Å². The van der Waals surface area contributed by atoms with Crippen molar-refractivity contribution in [1.29, 1.82) is 0 Å². The molecule has 0 atom stereocenters. The van der Waals surface area contributed by atoms with Crippen molar-refractivity contribution in [3.63, 3.8) is 0 Å². The Labute approximate surface area is 110 Å². The second-order valence-corrected chi connectivity index (χ2v) is 5.52. The van der Waals surface area contributed by atoms with Gasteiger partial charge in [0.1, 0.15) is 5.75 Å². The van der Waals surface area contributed by atoms with Crippen molar-refractivity contribution >= 4 is 21.9 Å². The van der Waals surface area contributed by atoms with Crippen LogP contribution in [0.3, 0.4) is 0 Å². The van der Waals surface area contributed by atoms with E-state index in [4.69, 9.17) is 9.84 Å². The van der Waals surface area contributed by atoms with Gasteiger partial charge in [-0.25, -0.2) is 0 Å². The molecule has 0 heterocycles. The molecule has 0 unspecified atom stereocenters. The van der Waals surface area contributed by atoms with E-state index in [9.17, 15) is 4.79 Å². The summed E-state index contributed by atoms with van der Waals surface area (Å²) in [5.74, 6) is -0.0758. The van der Waals surface area contributed by atoms with Crippen LogP contribution in [0.25, 0.3) is 0 Å². The first-order chi connectivity index (χ1) is 7.79. The molecule has 0 saturated carbocycles. The molecule has 0 spiro atoms. The molecule has 0 radical (unpaired) electrons. The fraction of sp³-hybridized carbons (Fsp3) is 0.462. The largest absolute Gasteiger partial charge is 0.496 e. The summed E-state index contributed by atoms with van der Waals surface area (Å²) < 4.78 is 6.09. The number of carboxylic acid groups (broad SMARTS) is 1. The number of carbonyl (C=O) groups is 1. The molecule has 4 heteroatoms. The van der Waals surface area contributed by atoms with Crippen molar-refractivity contribution in [2.24, 2.45) is 0 Å². The summed E-state index contributed by atoms with van der Waals surface area (Å²) in [6, 6.07) is 3.82. The van der Waals surface area contributed by atoms with Gasteiger partial charge in [0.05, 0.1) is 18.0 Å². The predicted molar refractivity (Wildman–Crippen MR) is 70.7 cm³/mol. The molecule has 1 aromatic carbocycles. The van der Waals surface area contributed by atoms with E-state index in [1.807, 2.05) is 32.9 Å². The summed E-state index contributed by atoms with van der Waals surface area (Å²) in [6.07, 6.45) is 0.0829. The lowest BCUT2D eigenvalue weighted by atomic mass is 9.79. The van der Waals surface area contributed by atoms with Crippen molar-refractivity contribution in [2.45, 2.75) is 32.6 Å². The number of ether oxygens (including phenoxy) is 1.